The summed E-state index contributed by atoms with van der Waals surface area (Å²) in [5, 5.41) is 9.70. The predicted octanol–water partition coefficient (Wildman–Crippen LogP) is 2.55. The first kappa shape index (κ1) is 11.1. The van der Waals surface area contributed by atoms with Crippen LogP contribution in [0.5, 0.6) is 0 Å². The van der Waals surface area contributed by atoms with E-state index in [2.05, 4.69) is 4.57 Å². The molecule has 2 nitrogen and oxygen atoms in total. The van der Waals surface area contributed by atoms with Crippen LogP contribution in [0.3, 0.4) is 0 Å². The van der Waals surface area contributed by atoms with E-state index in [1.807, 2.05) is 26.1 Å². The van der Waals surface area contributed by atoms with E-state index in [4.69, 9.17) is 5.11 Å². The van der Waals surface area contributed by atoms with Crippen molar-refractivity contribution in [3.8, 4) is 0 Å². The van der Waals surface area contributed by atoms with Crippen LogP contribution in [0.25, 0.3) is 10.9 Å². The van der Waals surface area contributed by atoms with Crippen LogP contribution in [0.1, 0.15) is 17.7 Å². The first-order chi connectivity index (χ1) is 7.63. The van der Waals surface area contributed by atoms with Crippen LogP contribution in [0.2, 0.25) is 0 Å². The minimum atomic E-state index is -0.174. The van der Waals surface area contributed by atoms with E-state index < -0.39 is 0 Å². The number of aromatic nitrogens is 1. The van der Waals surface area contributed by atoms with Crippen LogP contribution >= 0.6 is 0 Å². The molecule has 16 heavy (non-hydrogen) atoms. The third kappa shape index (κ3) is 1.83. The summed E-state index contributed by atoms with van der Waals surface area (Å²) in [6.07, 6.45) is 1.19. The molecule has 0 amide bonds. The third-order valence-corrected chi connectivity index (χ3v) is 3.05. The highest BCUT2D eigenvalue weighted by Gasteiger charge is 2.08. The van der Waals surface area contributed by atoms with E-state index in [-0.39, 0.29) is 12.4 Å². The zero-order chi connectivity index (χ0) is 11.7. The lowest BCUT2D eigenvalue weighted by molar-refractivity contribution is 0.288. The van der Waals surface area contributed by atoms with Gasteiger partial charge in [0.15, 0.2) is 0 Å². The summed E-state index contributed by atoms with van der Waals surface area (Å²) in [6.45, 7) is 2.11. The summed E-state index contributed by atoms with van der Waals surface area (Å²) < 4.78 is 15.7. The fourth-order valence-electron chi connectivity index (χ4n) is 2.00. The maximum Gasteiger partial charge on any atom is 0.127 e. The Hall–Kier alpha value is -1.35. The van der Waals surface area contributed by atoms with Gasteiger partial charge in [-0.05, 0) is 43.5 Å². The summed E-state index contributed by atoms with van der Waals surface area (Å²) in [5.74, 6) is -0.174. The molecule has 2 aromatic rings. The Morgan fingerprint density at radius 1 is 1.31 bits per heavy atom. The molecular formula is C13H16FNO. The quantitative estimate of drug-likeness (QED) is 0.846. The smallest absolute Gasteiger partial charge is 0.127 e. The van der Waals surface area contributed by atoms with Gasteiger partial charge in [-0.25, -0.2) is 4.39 Å². The van der Waals surface area contributed by atoms with Gasteiger partial charge in [-0.3, -0.25) is 0 Å². The van der Waals surface area contributed by atoms with Gasteiger partial charge in [-0.2, -0.15) is 0 Å². The van der Waals surface area contributed by atoms with Crippen LogP contribution in [0.4, 0.5) is 4.39 Å². The molecule has 86 valence electrons. The van der Waals surface area contributed by atoms with Crippen LogP contribution in [0, 0.1) is 12.7 Å². The highest BCUT2D eigenvalue weighted by atomic mass is 19.1. The average Bonchev–Trinajstić information content (AvgIpc) is 2.52. The monoisotopic (exact) mass is 221 g/mol. The van der Waals surface area contributed by atoms with Gasteiger partial charge in [0.25, 0.3) is 0 Å². The largest absolute Gasteiger partial charge is 0.396 e. The highest BCUT2D eigenvalue weighted by Crippen LogP contribution is 2.23. The minimum Gasteiger partial charge on any atom is -0.396 e. The zero-order valence-electron chi connectivity index (χ0n) is 9.63. The second-order valence-electron chi connectivity index (χ2n) is 4.17. The molecule has 0 bridgehead atoms. The normalized spacial score (nSPS) is 11.2. The van der Waals surface area contributed by atoms with Gasteiger partial charge in [0.1, 0.15) is 5.82 Å². The number of benzene rings is 1. The molecule has 0 fully saturated rings. The number of hydrogen-bond donors (Lipinski definition) is 1. The molecule has 0 spiro atoms. The SMILES string of the molecule is Cc1cc2cc(F)c(CCCO)cc2n1C. The first-order valence-electron chi connectivity index (χ1n) is 5.49. The molecule has 1 aromatic heterocycles. The summed E-state index contributed by atoms with van der Waals surface area (Å²) in [5.41, 5.74) is 2.85. The number of aryl methyl sites for hydroxylation is 3. The summed E-state index contributed by atoms with van der Waals surface area (Å²) in [6, 6.07) is 5.44. The van der Waals surface area contributed by atoms with Gasteiger partial charge in [0, 0.05) is 30.3 Å². The number of fused-ring (bicyclic) bond motifs is 1. The van der Waals surface area contributed by atoms with Crippen molar-refractivity contribution in [2.75, 3.05) is 6.61 Å². The molecule has 0 unspecified atom stereocenters. The maximum absolute atomic E-state index is 13.7. The lowest BCUT2D eigenvalue weighted by atomic mass is 10.1. The van der Waals surface area contributed by atoms with E-state index in [0.29, 0.717) is 18.4 Å². The van der Waals surface area contributed by atoms with Crippen LogP contribution < -0.4 is 0 Å². The molecule has 0 saturated heterocycles. The van der Waals surface area contributed by atoms with E-state index in [9.17, 15) is 4.39 Å². The molecule has 3 heteroatoms. The summed E-state index contributed by atoms with van der Waals surface area (Å²) in [7, 11) is 1.98. The number of aliphatic hydroxyl groups is 1. The van der Waals surface area contributed by atoms with Gasteiger partial charge in [-0.1, -0.05) is 0 Å². The van der Waals surface area contributed by atoms with Crippen molar-refractivity contribution in [2.24, 2.45) is 7.05 Å². The predicted molar refractivity (Wildman–Crippen MR) is 63.0 cm³/mol. The molecule has 0 aliphatic carbocycles. The number of aliphatic hydroxyl groups excluding tert-OH is 1. The van der Waals surface area contributed by atoms with Crippen molar-refractivity contribution in [1.82, 2.24) is 4.57 Å². The lowest BCUT2D eigenvalue weighted by Crippen LogP contribution is -1.95. The Balaban J connectivity index is 2.51. The van der Waals surface area contributed by atoms with Crippen molar-refractivity contribution in [3.05, 3.63) is 35.3 Å². The van der Waals surface area contributed by atoms with E-state index in [1.165, 1.54) is 0 Å². The van der Waals surface area contributed by atoms with E-state index >= 15 is 0 Å². The van der Waals surface area contributed by atoms with E-state index in [1.54, 1.807) is 6.07 Å². The fraction of sp³-hybridized carbons (Fsp3) is 0.385. The second-order valence-corrected chi connectivity index (χ2v) is 4.17. The Bertz CT molecular complexity index is 516. The molecule has 1 N–H and O–H groups in total. The van der Waals surface area contributed by atoms with Gasteiger partial charge in [0.05, 0.1) is 0 Å². The van der Waals surface area contributed by atoms with Gasteiger partial charge >= 0.3 is 0 Å². The minimum absolute atomic E-state index is 0.101. The highest BCUT2D eigenvalue weighted by molar-refractivity contribution is 5.82. The zero-order valence-corrected chi connectivity index (χ0v) is 9.63. The molecule has 2 rings (SSSR count). The summed E-state index contributed by atoms with van der Waals surface area (Å²) >= 11 is 0. The average molecular weight is 221 g/mol. The van der Waals surface area contributed by atoms with Crippen molar-refractivity contribution < 1.29 is 9.50 Å². The molecule has 0 radical (unpaired) electrons. The molecule has 1 aromatic carbocycles. The number of hydrogen-bond acceptors (Lipinski definition) is 1. The Morgan fingerprint density at radius 3 is 2.75 bits per heavy atom. The Kier molecular flexibility index (Phi) is 2.97. The topological polar surface area (TPSA) is 25.2 Å². The number of rotatable bonds is 3. The van der Waals surface area contributed by atoms with Crippen molar-refractivity contribution in [3.63, 3.8) is 0 Å². The Morgan fingerprint density at radius 2 is 2.06 bits per heavy atom. The molecule has 0 aliphatic rings. The fourth-order valence-corrected chi connectivity index (χ4v) is 2.00. The van der Waals surface area contributed by atoms with Crippen molar-refractivity contribution in [1.29, 1.82) is 0 Å². The Labute approximate surface area is 94.3 Å². The van der Waals surface area contributed by atoms with Gasteiger partial charge in [-0.15, -0.1) is 0 Å². The maximum atomic E-state index is 13.7. The third-order valence-electron chi connectivity index (χ3n) is 3.05. The summed E-state index contributed by atoms with van der Waals surface area (Å²) in [4.78, 5) is 0. The molecular weight excluding hydrogens is 205 g/mol. The lowest BCUT2D eigenvalue weighted by Gasteiger charge is -2.04. The molecule has 0 aliphatic heterocycles. The molecule has 0 atom stereocenters. The van der Waals surface area contributed by atoms with Crippen molar-refractivity contribution in [2.45, 2.75) is 19.8 Å². The van der Waals surface area contributed by atoms with Gasteiger partial charge < -0.3 is 9.67 Å². The second kappa shape index (κ2) is 4.26. The first-order valence-corrected chi connectivity index (χ1v) is 5.49. The standard InChI is InChI=1S/C13H16FNO/c1-9-6-11-7-12(14)10(4-3-5-16)8-13(11)15(9)2/h6-8,16H,3-5H2,1-2H3. The van der Waals surface area contributed by atoms with Crippen LogP contribution in [-0.4, -0.2) is 16.3 Å². The van der Waals surface area contributed by atoms with E-state index in [0.717, 1.165) is 16.6 Å². The van der Waals surface area contributed by atoms with Crippen molar-refractivity contribution >= 4 is 10.9 Å². The number of nitrogens with zero attached hydrogens (tertiary/aromatic N) is 1. The molecule has 1 heterocycles. The van der Waals surface area contributed by atoms with Crippen LogP contribution in [0.15, 0.2) is 18.2 Å². The van der Waals surface area contributed by atoms with Crippen LogP contribution in [-0.2, 0) is 13.5 Å². The van der Waals surface area contributed by atoms with Gasteiger partial charge in [0.2, 0.25) is 0 Å². The molecule has 0 saturated carbocycles. The number of halogens is 1.